The fraction of sp³-hybridized carbons (Fsp3) is 0.375. The van der Waals surface area contributed by atoms with E-state index in [9.17, 15) is 4.79 Å². The zero-order valence-electron chi connectivity index (χ0n) is 18.5. The van der Waals surface area contributed by atoms with Crippen molar-refractivity contribution in [3.8, 4) is 28.6 Å². The molecule has 0 atom stereocenters. The number of carbonyl (C=O) groups is 1. The summed E-state index contributed by atoms with van der Waals surface area (Å²) in [7, 11) is 4.77. The van der Waals surface area contributed by atoms with Crippen LogP contribution in [-0.2, 0) is 6.42 Å². The summed E-state index contributed by atoms with van der Waals surface area (Å²) in [5, 5.41) is 4.11. The Labute approximate surface area is 187 Å². The van der Waals surface area contributed by atoms with Crippen LogP contribution in [0, 0.1) is 5.92 Å². The number of methoxy groups -OCH3 is 3. The number of piperidine rings is 1. The third-order valence-electron chi connectivity index (χ3n) is 5.81. The number of aromatic nitrogens is 2. The Balaban J connectivity index is 1.33. The highest BCUT2D eigenvalue weighted by Gasteiger charge is 2.26. The maximum absolute atomic E-state index is 12.9. The maximum atomic E-state index is 12.9. The lowest BCUT2D eigenvalue weighted by Crippen LogP contribution is -2.38. The molecule has 0 unspecified atom stereocenters. The van der Waals surface area contributed by atoms with Crippen molar-refractivity contribution in [2.24, 2.45) is 5.92 Å². The molecule has 0 saturated carbocycles. The minimum Gasteiger partial charge on any atom is -0.497 e. The van der Waals surface area contributed by atoms with Crippen LogP contribution >= 0.6 is 0 Å². The summed E-state index contributed by atoms with van der Waals surface area (Å²) >= 11 is 0. The third kappa shape index (κ3) is 4.69. The van der Waals surface area contributed by atoms with Crippen LogP contribution in [0.15, 0.2) is 47.0 Å². The number of carbonyl (C=O) groups excluding carboxylic acids is 1. The van der Waals surface area contributed by atoms with Crippen LogP contribution in [0.4, 0.5) is 0 Å². The summed E-state index contributed by atoms with van der Waals surface area (Å²) in [4.78, 5) is 19.3. The summed E-state index contributed by atoms with van der Waals surface area (Å²) in [5.41, 5.74) is 1.48. The predicted octanol–water partition coefficient (Wildman–Crippen LogP) is 3.86. The van der Waals surface area contributed by atoms with Crippen molar-refractivity contribution >= 4 is 5.91 Å². The molecule has 1 aliphatic rings. The van der Waals surface area contributed by atoms with Crippen LogP contribution in [0.1, 0.15) is 29.1 Å². The van der Waals surface area contributed by atoms with Gasteiger partial charge in [0.05, 0.1) is 21.3 Å². The predicted molar refractivity (Wildman–Crippen MR) is 118 cm³/mol. The third-order valence-corrected chi connectivity index (χ3v) is 5.81. The van der Waals surface area contributed by atoms with Gasteiger partial charge in [-0.25, -0.2) is 0 Å². The molecule has 168 valence electrons. The van der Waals surface area contributed by atoms with Gasteiger partial charge < -0.3 is 23.6 Å². The molecular weight excluding hydrogens is 410 g/mol. The lowest BCUT2D eigenvalue weighted by molar-refractivity contribution is 0.0687. The molecule has 1 aliphatic heterocycles. The summed E-state index contributed by atoms with van der Waals surface area (Å²) in [6.45, 7) is 1.38. The van der Waals surface area contributed by atoms with Gasteiger partial charge in [0, 0.05) is 30.6 Å². The first-order chi connectivity index (χ1) is 15.6. The topological polar surface area (TPSA) is 86.9 Å². The SMILES string of the molecule is COc1ccc(-c2noc(CC3CCN(C(=O)c4ccc(OC)c(OC)c4)CC3)n2)cc1. The molecule has 0 N–H and O–H groups in total. The molecular formula is C24H27N3O5. The van der Waals surface area contributed by atoms with Crippen molar-refractivity contribution in [2.45, 2.75) is 19.3 Å². The number of benzene rings is 2. The van der Waals surface area contributed by atoms with E-state index in [1.807, 2.05) is 29.2 Å². The van der Waals surface area contributed by atoms with Gasteiger partial charge in [-0.3, -0.25) is 4.79 Å². The van der Waals surface area contributed by atoms with E-state index < -0.39 is 0 Å². The lowest BCUT2D eigenvalue weighted by Gasteiger charge is -2.31. The Morgan fingerprint density at radius 1 is 1.00 bits per heavy atom. The van der Waals surface area contributed by atoms with Gasteiger partial charge in [0.2, 0.25) is 11.7 Å². The molecule has 8 nitrogen and oxygen atoms in total. The molecule has 8 heteroatoms. The maximum Gasteiger partial charge on any atom is 0.253 e. The zero-order valence-corrected chi connectivity index (χ0v) is 18.5. The van der Waals surface area contributed by atoms with Crippen molar-refractivity contribution in [1.82, 2.24) is 15.0 Å². The van der Waals surface area contributed by atoms with E-state index in [0.29, 0.717) is 54.2 Å². The van der Waals surface area contributed by atoms with Crippen molar-refractivity contribution in [3.05, 3.63) is 53.9 Å². The molecule has 2 heterocycles. The van der Waals surface area contributed by atoms with Crippen LogP contribution in [-0.4, -0.2) is 55.4 Å². The summed E-state index contributed by atoms with van der Waals surface area (Å²) in [6.07, 6.45) is 2.49. The molecule has 2 aromatic carbocycles. The molecule has 0 bridgehead atoms. The number of ether oxygens (including phenoxy) is 3. The number of likely N-dealkylation sites (tertiary alicyclic amines) is 1. The van der Waals surface area contributed by atoms with Gasteiger partial charge in [-0.05, 0) is 61.2 Å². The molecule has 0 aliphatic carbocycles. The Morgan fingerprint density at radius 3 is 2.38 bits per heavy atom. The van der Waals surface area contributed by atoms with Crippen molar-refractivity contribution in [2.75, 3.05) is 34.4 Å². The molecule has 1 amide bonds. The largest absolute Gasteiger partial charge is 0.497 e. The number of rotatable bonds is 7. The number of nitrogens with zero attached hydrogens (tertiary/aromatic N) is 3. The number of hydrogen-bond donors (Lipinski definition) is 0. The van der Waals surface area contributed by atoms with E-state index in [1.165, 1.54) is 0 Å². The highest BCUT2D eigenvalue weighted by molar-refractivity contribution is 5.95. The first-order valence-corrected chi connectivity index (χ1v) is 10.6. The van der Waals surface area contributed by atoms with E-state index >= 15 is 0 Å². The minimum absolute atomic E-state index is 0.00369. The smallest absolute Gasteiger partial charge is 0.253 e. The fourth-order valence-corrected chi connectivity index (χ4v) is 3.93. The van der Waals surface area contributed by atoms with E-state index in [2.05, 4.69) is 10.1 Å². The summed E-state index contributed by atoms with van der Waals surface area (Å²) in [6, 6.07) is 12.8. The van der Waals surface area contributed by atoms with Gasteiger partial charge in [-0.2, -0.15) is 4.98 Å². The number of amides is 1. The molecule has 1 fully saturated rings. The second-order valence-electron chi connectivity index (χ2n) is 7.75. The normalized spacial score (nSPS) is 14.3. The lowest BCUT2D eigenvalue weighted by atomic mass is 9.93. The zero-order chi connectivity index (χ0) is 22.5. The first-order valence-electron chi connectivity index (χ1n) is 10.6. The summed E-state index contributed by atoms with van der Waals surface area (Å²) < 4.78 is 21.2. The Kier molecular flexibility index (Phi) is 6.58. The monoisotopic (exact) mass is 437 g/mol. The van der Waals surface area contributed by atoms with E-state index in [1.54, 1.807) is 39.5 Å². The van der Waals surface area contributed by atoms with E-state index in [4.69, 9.17) is 18.7 Å². The molecule has 4 rings (SSSR count). The van der Waals surface area contributed by atoms with Gasteiger partial charge in [-0.1, -0.05) is 5.16 Å². The molecule has 0 radical (unpaired) electrons. The quantitative estimate of drug-likeness (QED) is 0.555. The van der Waals surface area contributed by atoms with Gasteiger partial charge >= 0.3 is 0 Å². The Hall–Kier alpha value is -3.55. The highest BCUT2D eigenvalue weighted by atomic mass is 16.5. The molecule has 0 spiro atoms. The van der Waals surface area contributed by atoms with E-state index in [-0.39, 0.29) is 5.91 Å². The summed E-state index contributed by atoms with van der Waals surface area (Å²) in [5.74, 6) is 3.54. The first kappa shape index (κ1) is 21.7. The molecule has 3 aromatic rings. The van der Waals surface area contributed by atoms with Crippen molar-refractivity contribution in [1.29, 1.82) is 0 Å². The standard InChI is InChI=1S/C24H27N3O5/c1-29-19-7-4-17(5-8-19)23-25-22(32-26-23)14-16-10-12-27(13-11-16)24(28)18-6-9-20(30-2)21(15-18)31-3/h4-9,15-16H,10-14H2,1-3H3. The van der Waals surface area contributed by atoms with Gasteiger partial charge in [-0.15, -0.1) is 0 Å². The number of hydrogen-bond acceptors (Lipinski definition) is 7. The minimum atomic E-state index is 0.00369. The average Bonchev–Trinajstić information content (AvgIpc) is 3.32. The van der Waals surface area contributed by atoms with Crippen LogP contribution in [0.5, 0.6) is 17.2 Å². The second-order valence-corrected chi connectivity index (χ2v) is 7.75. The fourth-order valence-electron chi connectivity index (χ4n) is 3.93. The van der Waals surface area contributed by atoms with Gasteiger partial charge in [0.15, 0.2) is 11.5 Å². The molecule has 1 saturated heterocycles. The van der Waals surface area contributed by atoms with Crippen molar-refractivity contribution in [3.63, 3.8) is 0 Å². The Bertz CT molecular complexity index is 1060. The highest BCUT2D eigenvalue weighted by Crippen LogP contribution is 2.29. The van der Waals surface area contributed by atoms with Crippen LogP contribution < -0.4 is 14.2 Å². The van der Waals surface area contributed by atoms with Crippen LogP contribution in [0.2, 0.25) is 0 Å². The van der Waals surface area contributed by atoms with E-state index in [0.717, 1.165) is 24.2 Å². The average molecular weight is 437 g/mol. The Morgan fingerprint density at radius 2 is 1.72 bits per heavy atom. The van der Waals surface area contributed by atoms with Crippen LogP contribution in [0.25, 0.3) is 11.4 Å². The van der Waals surface area contributed by atoms with Crippen LogP contribution in [0.3, 0.4) is 0 Å². The second kappa shape index (κ2) is 9.72. The molecule has 32 heavy (non-hydrogen) atoms. The molecule has 1 aromatic heterocycles. The van der Waals surface area contributed by atoms with Crippen molar-refractivity contribution < 1.29 is 23.5 Å². The van der Waals surface area contributed by atoms with Gasteiger partial charge in [0.25, 0.3) is 5.91 Å². The van der Waals surface area contributed by atoms with Gasteiger partial charge in [0.1, 0.15) is 5.75 Å².